The van der Waals surface area contributed by atoms with E-state index >= 15 is 0 Å². The number of rotatable bonds is 10. The maximum Gasteiger partial charge on any atom is 0.326 e. The highest BCUT2D eigenvalue weighted by Crippen LogP contribution is 2.37. The minimum absolute atomic E-state index is 0.0287. The molecule has 0 aliphatic carbocycles. The third-order valence-corrected chi connectivity index (χ3v) is 6.23. The Morgan fingerprint density at radius 2 is 1.83 bits per heavy atom. The lowest BCUT2D eigenvalue weighted by Gasteiger charge is -2.55. The number of carbonyl (C=O) groups is 5. The van der Waals surface area contributed by atoms with Crippen LogP contribution in [0.4, 0.5) is 0 Å². The third kappa shape index (κ3) is 5.92. The minimum atomic E-state index is -1.91. The summed E-state index contributed by atoms with van der Waals surface area (Å²) >= 11 is 0. The van der Waals surface area contributed by atoms with E-state index in [0.717, 1.165) is 6.42 Å². The molecule has 2 heterocycles. The van der Waals surface area contributed by atoms with Gasteiger partial charge in [0, 0.05) is 12.0 Å². The summed E-state index contributed by atoms with van der Waals surface area (Å²) in [6.07, 6.45) is 1.21. The van der Waals surface area contributed by atoms with E-state index in [9.17, 15) is 24.0 Å². The monoisotopic (exact) mass is 501 g/mol. The van der Waals surface area contributed by atoms with Gasteiger partial charge in [0.05, 0.1) is 18.7 Å². The van der Waals surface area contributed by atoms with Gasteiger partial charge in [-0.2, -0.15) is 0 Å². The van der Waals surface area contributed by atoms with E-state index in [1.165, 1.54) is 4.90 Å². The van der Waals surface area contributed by atoms with Crippen LogP contribution in [0.5, 0.6) is 0 Å². The average molecular weight is 502 g/mol. The molecule has 0 bridgehead atoms. The number of carbonyl (C=O) groups excluding carboxylic acids is 5. The second-order valence-corrected chi connectivity index (χ2v) is 10.0. The summed E-state index contributed by atoms with van der Waals surface area (Å²) in [5.41, 5.74) is -2.40. The Kier molecular flexibility index (Phi) is 8.50. The smallest absolute Gasteiger partial charge is 0.326 e. The largest absolute Gasteiger partial charge is 0.466 e. The number of hydrogen-bond donors (Lipinski definition) is 2. The van der Waals surface area contributed by atoms with Gasteiger partial charge in [-0.15, -0.1) is 0 Å². The summed E-state index contributed by atoms with van der Waals surface area (Å²) in [5.74, 6) is -2.89. The lowest BCUT2D eigenvalue weighted by Crippen LogP contribution is -2.85. The second-order valence-electron chi connectivity index (χ2n) is 10.0. The minimum Gasteiger partial charge on any atom is -0.466 e. The molecule has 2 fully saturated rings. The second kappa shape index (κ2) is 11.2. The zero-order valence-electron chi connectivity index (χ0n) is 21.3. The standard InChI is InChI=1S/C26H35N3O7/c1-5-35-20(30)14-13-19-26(22(32)18-12-9-15-27-18,28-23(33)17-10-7-6-8-11-17)24(34)29(19)16-21(31)36-25(2,3)4/h6-8,10-11,18-19,27H,5,9,12-16H2,1-4H3,(H,28,33). The Balaban J connectivity index is 1.95. The topological polar surface area (TPSA) is 131 Å². The molecule has 0 spiro atoms. The van der Waals surface area contributed by atoms with Gasteiger partial charge < -0.3 is 25.0 Å². The fourth-order valence-corrected chi connectivity index (χ4v) is 4.73. The van der Waals surface area contributed by atoms with Crippen LogP contribution in [0.3, 0.4) is 0 Å². The van der Waals surface area contributed by atoms with Crippen molar-refractivity contribution in [3.8, 4) is 0 Å². The lowest BCUT2D eigenvalue weighted by molar-refractivity contribution is -0.178. The molecule has 1 aromatic rings. The van der Waals surface area contributed by atoms with Crippen LogP contribution in [-0.2, 0) is 28.7 Å². The van der Waals surface area contributed by atoms with E-state index in [0.29, 0.717) is 13.0 Å². The first-order chi connectivity index (χ1) is 17.0. The molecule has 10 heteroatoms. The number of nitrogens with one attached hydrogen (secondary N) is 2. The Labute approximate surface area is 211 Å². The number of ether oxygens (including phenoxy) is 2. The first-order valence-electron chi connectivity index (χ1n) is 12.3. The number of hydrogen-bond acceptors (Lipinski definition) is 8. The Bertz CT molecular complexity index is 999. The number of nitrogens with zero attached hydrogens (tertiary/aromatic N) is 1. The van der Waals surface area contributed by atoms with Gasteiger partial charge in [-0.25, -0.2) is 0 Å². The molecular formula is C26H35N3O7. The number of benzene rings is 1. The lowest BCUT2D eigenvalue weighted by atomic mass is 9.70. The van der Waals surface area contributed by atoms with Crippen LogP contribution in [0.15, 0.2) is 30.3 Å². The van der Waals surface area contributed by atoms with Crippen LogP contribution in [0, 0.1) is 0 Å². The van der Waals surface area contributed by atoms with Gasteiger partial charge in [0.25, 0.3) is 11.8 Å². The predicted molar refractivity (Wildman–Crippen MR) is 130 cm³/mol. The van der Waals surface area contributed by atoms with Crippen molar-refractivity contribution in [1.82, 2.24) is 15.5 Å². The molecule has 2 amide bonds. The van der Waals surface area contributed by atoms with E-state index < -0.39 is 59.3 Å². The summed E-state index contributed by atoms with van der Waals surface area (Å²) in [4.78, 5) is 66.6. The van der Waals surface area contributed by atoms with Gasteiger partial charge in [-0.05, 0) is 65.6 Å². The molecule has 10 nitrogen and oxygen atoms in total. The summed E-state index contributed by atoms with van der Waals surface area (Å²) < 4.78 is 10.4. The number of Topliss-reactive ketones (excluding diaryl/α,β-unsaturated/α-hetero) is 1. The van der Waals surface area contributed by atoms with Gasteiger partial charge >= 0.3 is 11.9 Å². The van der Waals surface area contributed by atoms with Crippen molar-refractivity contribution in [3.05, 3.63) is 35.9 Å². The highest BCUT2D eigenvalue weighted by atomic mass is 16.6. The van der Waals surface area contributed by atoms with Crippen LogP contribution < -0.4 is 10.6 Å². The highest BCUT2D eigenvalue weighted by Gasteiger charge is 2.67. The SMILES string of the molecule is CCOC(=O)CCC1N(CC(=O)OC(C)(C)C)C(=O)C1(NC(=O)c1ccccc1)C(=O)C1CCCN1. The zero-order chi connectivity index (χ0) is 26.5. The van der Waals surface area contributed by atoms with Gasteiger partial charge in [-0.1, -0.05) is 18.2 Å². The van der Waals surface area contributed by atoms with Crippen LogP contribution in [0.1, 0.15) is 63.7 Å². The van der Waals surface area contributed by atoms with Crippen molar-refractivity contribution in [1.29, 1.82) is 0 Å². The number of ketones is 1. The Morgan fingerprint density at radius 1 is 1.14 bits per heavy atom. The number of β-lactam (4-membered cyclic amide) rings is 1. The molecule has 3 unspecified atom stereocenters. The van der Waals surface area contributed by atoms with E-state index in [4.69, 9.17) is 9.47 Å². The summed E-state index contributed by atoms with van der Waals surface area (Å²) in [6.45, 7) is 7.20. The van der Waals surface area contributed by atoms with Gasteiger partial charge in [0.1, 0.15) is 12.1 Å². The van der Waals surface area contributed by atoms with Crippen molar-refractivity contribution < 1.29 is 33.4 Å². The molecule has 3 atom stereocenters. The maximum atomic E-state index is 13.8. The highest BCUT2D eigenvalue weighted by molar-refractivity contribution is 6.21. The fraction of sp³-hybridized carbons (Fsp3) is 0.577. The first-order valence-corrected chi connectivity index (χ1v) is 12.3. The molecule has 1 aromatic carbocycles. The average Bonchev–Trinajstić information content (AvgIpc) is 3.36. The number of esters is 2. The number of amides is 2. The van der Waals surface area contributed by atoms with Gasteiger partial charge in [0.15, 0.2) is 5.78 Å². The Morgan fingerprint density at radius 3 is 2.42 bits per heavy atom. The normalized spacial score (nSPS) is 23.6. The van der Waals surface area contributed by atoms with Gasteiger partial charge in [0.2, 0.25) is 5.54 Å². The molecule has 2 aliphatic heterocycles. The van der Waals surface area contributed by atoms with Crippen molar-refractivity contribution in [2.45, 2.75) is 76.6 Å². The van der Waals surface area contributed by atoms with Crippen molar-refractivity contribution in [2.24, 2.45) is 0 Å². The van der Waals surface area contributed by atoms with Crippen molar-refractivity contribution >= 4 is 29.5 Å². The molecule has 0 saturated carbocycles. The first kappa shape index (κ1) is 27.3. The van der Waals surface area contributed by atoms with Crippen molar-refractivity contribution in [2.75, 3.05) is 19.7 Å². The molecule has 2 N–H and O–H groups in total. The zero-order valence-corrected chi connectivity index (χ0v) is 21.3. The van der Waals surface area contributed by atoms with Crippen LogP contribution in [-0.4, -0.2) is 77.4 Å². The predicted octanol–water partition coefficient (Wildman–Crippen LogP) is 1.37. The Hall–Kier alpha value is -3.27. The molecule has 0 radical (unpaired) electrons. The quantitative estimate of drug-likeness (QED) is 0.279. The van der Waals surface area contributed by atoms with Crippen LogP contribution in [0.2, 0.25) is 0 Å². The van der Waals surface area contributed by atoms with E-state index in [1.54, 1.807) is 58.0 Å². The third-order valence-electron chi connectivity index (χ3n) is 6.23. The molecule has 3 rings (SSSR count). The molecular weight excluding hydrogens is 466 g/mol. The summed E-state index contributed by atoms with van der Waals surface area (Å²) in [6, 6.07) is 6.71. The van der Waals surface area contributed by atoms with Crippen molar-refractivity contribution in [3.63, 3.8) is 0 Å². The molecule has 0 aromatic heterocycles. The van der Waals surface area contributed by atoms with E-state index in [2.05, 4.69) is 10.6 Å². The van der Waals surface area contributed by atoms with Crippen LogP contribution in [0.25, 0.3) is 0 Å². The van der Waals surface area contributed by atoms with Crippen LogP contribution >= 0.6 is 0 Å². The van der Waals surface area contributed by atoms with E-state index in [1.807, 2.05) is 0 Å². The summed E-state index contributed by atoms with van der Waals surface area (Å²) in [7, 11) is 0. The summed E-state index contributed by atoms with van der Waals surface area (Å²) in [5, 5.41) is 5.81. The molecule has 196 valence electrons. The van der Waals surface area contributed by atoms with E-state index in [-0.39, 0.29) is 25.0 Å². The fourth-order valence-electron chi connectivity index (χ4n) is 4.73. The number of likely N-dealkylation sites (tertiary alicyclic amines) is 1. The molecule has 2 saturated heterocycles. The molecule has 2 aliphatic rings. The van der Waals surface area contributed by atoms with Gasteiger partial charge in [-0.3, -0.25) is 24.0 Å². The molecule has 36 heavy (non-hydrogen) atoms. The maximum absolute atomic E-state index is 13.8.